The molecular formula is C23H21N5O4. The summed E-state index contributed by atoms with van der Waals surface area (Å²) in [5.74, 6) is 0.998. The second kappa shape index (κ2) is 9.61. The van der Waals surface area contributed by atoms with Gasteiger partial charge >= 0.3 is 0 Å². The average Bonchev–Trinajstić information content (AvgIpc) is 3.27. The minimum atomic E-state index is -0.270. The van der Waals surface area contributed by atoms with Gasteiger partial charge in [-0.2, -0.15) is 4.52 Å². The fourth-order valence-electron chi connectivity index (χ4n) is 2.98. The molecule has 0 aliphatic rings. The van der Waals surface area contributed by atoms with Crippen molar-refractivity contribution in [3.63, 3.8) is 0 Å². The number of fused-ring (bicyclic) bond motifs is 1. The summed E-state index contributed by atoms with van der Waals surface area (Å²) < 4.78 is 12.6. The predicted molar refractivity (Wildman–Crippen MR) is 121 cm³/mol. The summed E-state index contributed by atoms with van der Waals surface area (Å²) in [6.45, 7) is 2.15. The summed E-state index contributed by atoms with van der Waals surface area (Å²) in [6, 6.07) is 15.9. The van der Waals surface area contributed by atoms with E-state index in [1.54, 1.807) is 36.4 Å². The number of carbonyl (C=O) groups excluding carboxylic acids is 1. The minimum Gasteiger partial charge on any atom is -0.490 e. The Morgan fingerprint density at radius 3 is 2.75 bits per heavy atom. The molecule has 0 aliphatic carbocycles. The molecule has 0 spiro atoms. The standard InChI is InChI=1S/C23H21N5O4/c1-2-31-20-12-16(8-10-18-13-22(30)28-23(27-18)24-15-25-28)9-11-19(20)32-14-21(29)26-17-6-4-3-5-7-17/h3-13,15H,2,14H2,1H3,(H,26,29)(H,24,25,27). The van der Waals surface area contributed by atoms with Crippen molar-refractivity contribution in [1.82, 2.24) is 19.6 Å². The van der Waals surface area contributed by atoms with Crippen LogP contribution in [0.5, 0.6) is 11.5 Å². The number of anilines is 1. The molecule has 0 radical (unpaired) electrons. The zero-order valence-electron chi connectivity index (χ0n) is 17.3. The maximum absolute atomic E-state index is 12.2. The first-order valence-electron chi connectivity index (χ1n) is 9.98. The fourth-order valence-corrected chi connectivity index (χ4v) is 2.98. The highest BCUT2D eigenvalue weighted by atomic mass is 16.5. The number of hydrogen-bond acceptors (Lipinski definition) is 6. The maximum atomic E-state index is 12.2. The van der Waals surface area contributed by atoms with Crippen LogP contribution < -0.4 is 20.3 Å². The first-order valence-corrected chi connectivity index (χ1v) is 9.98. The number of carbonyl (C=O) groups is 1. The molecule has 0 saturated carbocycles. The van der Waals surface area contributed by atoms with Gasteiger partial charge in [0, 0.05) is 11.8 Å². The van der Waals surface area contributed by atoms with Crippen LogP contribution in [0, 0.1) is 0 Å². The summed E-state index contributed by atoms with van der Waals surface area (Å²) in [4.78, 5) is 32.5. The van der Waals surface area contributed by atoms with Gasteiger partial charge in [-0.1, -0.05) is 30.3 Å². The minimum absolute atomic E-state index is 0.151. The van der Waals surface area contributed by atoms with E-state index in [0.29, 0.717) is 35.3 Å². The number of nitrogens with zero attached hydrogens (tertiary/aromatic N) is 3. The van der Waals surface area contributed by atoms with Crippen molar-refractivity contribution in [2.75, 3.05) is 18.5 Å². The normalized spacial score (nSPS) is 11.0. The predicted octanol–water partition coefficient (Wildman–Crippen LogP) is 3.00. The van der Waals surface area contributed by atoms with E-state index in [-0.39, 0.29) is 18.1 Å². The lowest BCUT2D eigenvalue weighted by atomic mass is 10.1. The van der Waals surface area contributed by atoms with Crippen molar-refractivity contribution in [1.29, 1.82) is 0 Å². The molecule has 9 nitrogen and oxygen atoms in total. The Kier molecular flexibility index (Phi) is 6.26. The Morgan fingerprint density at radius 1 is 1.09 bits per heavy atom. The Morgan fingerprint density at radius 2 is 1.94 bits per heavy atom. The molecular weight excluding hydrogens is 410 g/mol. The van der Waals surface area contributed by atoms with Gasteiger partial charge in [-0.05, 0) is 42.8 Å². The van der Waals surface area contributed by atoms with Crippen molar-refractivity contribution >= 4 is 29.5 Å². The number of H-pyrrole nitrogens is 1. The van der Waals surface area contributed by atoms with Crippen molar-refractivity contribution < 1.29 is 14.3 Å². The number of rotatable bonds is 8. The highest BCUT2D eigenvalue weighted by Crippen LogP contribution is 2.29. The Balaban J connectivity index is 1.46. The molecule has 9 heteroatoms. The zero-order valence-corrected chi connectivity index (χ0v) is 17.3. The topological polar surface area (TPSA) is 111 Å². The third kappa shape index (κ3) is 5.01. The Labute approximate surface area is 183 Å². The van der Waals surface area contributed by atoms with Gasteiger partial charge in [0.25, 0.3) is 17.2 Å². The number of hydrogen-bond donors (Lipinski definition) is 2. The van der Waals surface area contributed by atoms with E-state index in [1.165, 1.54) is 16.9 Å². The van der Waals surface area contributed by atoms with E-state index >= 15 is 0 Å². The van der Waals surface area contributed by atoms with E-state index in [4.69, 9.17) is 9.47 Å². The molecule has 2 heterocycles. The molecule has 0 bridgehead atoms. The highest BCUT2D eigenvalue weighted by Gasteiger charge is 2.09. The molecule has 2 N–H and O–H groups in total. The molecule has 32 heavy (non-hydrogen) atoms. The molecule has 1 amide bonds. The molecule has 0 fully saturated rings. The largest absolute Gasteiger partial charge is 0.490 e. The monoisotopic (exact) mass is 431 g/mol. The average molecular weight is 431 g/mol. The number of aromatic amines is 1. The molecule has 162 valence electrons. The number of nitrogens with one attached hydrogen (secondary N) is 2. The molecule has 2 aromatic carbocycles. The maximum Gasteiger partial charge on any atom is 0.274 e. The molecule has 2 aromatic heterocycles. The highest BCUT2D eigenvalue weighted by molar-refractivity contribution is 5.91. The lowest BCUT2D eigenvalue weighted by Gasteiger charge is -2.12. The van der Waals surface area contributed by atoms with E-state index < -0.39 is 0 Å². The summed E-state index contributed by atoms with van der Waals surface area (Å²) in [5.41, 5.74) is 1.75. The van der Waals surface area contributed by atoms with Crippen LogP contribution in [0.3, 0.4) is 0 Å². The van der Waals surface area contributed by atoms with Crippen LogP contribution in [0.2, 0.25) is 0 Å². The smallest absolute Gasteiger partial charge is 0.274 e. The van der Waals surface area contributed by atoms with Crippen molar-refractivity contribution in [2.45, 2.75) is 6.92 Å². The number of amides is 1. The second-order valence-corrected chi connectivity index (χ2v) is 6.72. The fraction of sp³-hybridized carbons (Fsp3) is 0.130. The summed E-state index contributed by atoms with van der Waals surface area (Å²) in [6.07, 6.45) is 4.93. The van der Waals surface area contributed by atoms with Crippen molar-refractivity contribution in [3.05, 3.63) is 82.5 Å². The van der Waals surface area contributed by atoms with Gasteiger partial charge in [0.1, 0.15) is 6.33 Å². The molecule has 0 unspecified atom stereocenters. The van der Waals surface area contributed by atoms with E-state index in [9.17, 15) is 9.59 Å². The van der Waals surface area contributed by atoms with Crippen LogP contribution in [0.25, 0.3) is 17.9 Å². The summed E-state index contributed by atoms with van der Waals surface area (Å²) >= 11 is 0. The number of ether oxygens (including phenoxy) is 2. The van der Waals surface area contributed by atoms with Gasteiger partial charge in [-0.3, -0.25) is 14.7 Å². The van der Waals surface area contributed by atoms with E-state index in [0.717, 1.165) is 5.56 Å². The van der Waals surface area contributed by atoms with Gasteiger partial charge in [0.2, 0.25) is 0 Å². The van der Waals surface area contributed by atoms with Gasteiger partial charge in [0.05, 0.1) is 12.3 Å². The Bertz CT molecular complexity index is 1310. The SMILES string of the molecule is CCOc1cc(C=Cc2cc(=O)n3[nH]cnc3n2)ccc1OCC(=O)Nc1ccccc1. The van der Waals surface area contributed by atoms with Crippen LogP contribution in [-0.4, -0.2) is 38.7 Å². The Hall–Kier alpha value is -4.40. The van der Waals surface area contributed by atoms with Crippen molar-refractivity contribution in [2.24, 2.45) is 0 Å². The van der Waals surface area contributed by atoms with Crippen LogP contribution in [0.1, 0.15) is 18.2 Å². The second-order valence-electron chi connectivity index (χ2n) is 6.72. The van der Waals surface area contributed by atoms with Crippen LogP contribution in [0.15, 0.2) is 65.7 Å². The summed E-state index contributed by atoms with van der Waals surface area (Å²) in [5, 5.41) is 5.47. The zero-order chi connectivity index (χ0) is 22.3. The summed E-state index contributed by atoms with van der Waals surface area (Å²) in [7, 11) is 0. The molecule has 0 atom stereocenters. The number of para-hydroxylation sites is 1. The first kappa shape index (κ1) is 20.9. The van der Waals surface area contributed by atoms with Crippen LogP contribution >= 0.6 is 0 Å². The van der Waals surface area contributed by atoms with Gasteiger partial charge in [-0.25, -0.2) is 9.97 Å². The van der Waals surface area contributed by atoms with Crippen LogP contribution in [0.4, 0.5) is 5.69 Å². The van der Waals surface area contributed by atoms with Crippen LogP contribution in [-0.2, 0) is 4.79 Å². The quantitative estimate of drug-likeness (QED) is 0.444. The van der Waals surface area contributed by atoms with Crippen molar-refractivity contribution in [3.8, 4) is 11.5 Å². The third-order valence-electron chi connectivity index (χ3n) is 4.42. The van der Waals surface area contributed by atoms with Gasteiger partial charge < -0.3 is 14.8 Å². The first-order chi connectivity index (χ1) is 15.6. The molecule has 0 aliphatic heterocycles. The van der Waals surface area contributed by atoms with E-state index in [2.05, 4.69) is 20.4 Å². The number of benzene rings is 2. The third-order valence-corrected chi connectivity index (χ3v) is 4.42. The lowest BCUT2D eigenvalue weighted by molar-refractivity contribution is -0.118. The number of aromatic nitrogens is 4. The molecule has 4 rings (SSSR count). The molecule has 0 saturated heterocycles. The molecule has 4 aromatic rings. The van der Waals surface area contributed by atoms with Gasteiger partial charge in [0.15, 0.2) is 18.1 Å². The van der Waals surface area contributed by atoms with Gasteiger partial charge in [-0.15, -0.1) is 0 Å². The lowest BCUT2D eigenvalue weighted by Crippen LogP contribution is -2.20. The van der Waals surface area contributed by atoms with E-state index in [1.807, 2.05) is 31.2 Å².